The fourth-order valence-electron chi connectivity index (χ4n) is 1.91. The zero-order chi connectivity index (χ0) is 13.8. The minimum Gasteiger partial charge on any atom is -0.442 e. The Kier molecular flexibility index (Phi) is 4.19. The molecule has 1 aromatic rings. The van der Waals surface area contributed by atoms with Gasteiger partial charge in [-0.15, -0.1) is 5.10 Å². The number of hydrogen-bond donors (Lipinski definition) is 0. The number of hydrogen-bond acceptors (Lipinski definition) is 4. The van der Waals surface area contributed by atoms with E-state index >= 15 is 0 Å². The highest BCUT2D eigenvalue weighted by molar-refractivity contribution is 5.69. The van der Waals surface area contributed by atoms with Gasteiger partial charge in [0.1, 0.15) is 11.8 Å². The third kappa shape index (κ3) is 3.56. The highest BCUT2D eigenvalue weighted by atomic mass is 16.6. The molecule has 2 rings (SSSR count). The number of amides is 1. The molecule has 0 radical (unpaired) electrons. The van der Waals surface area contributed by atoms with Gasteiger partial charge in [-0.1, -0.05) is 25.1 Å². The van der Waals surface area contributed by atoms with Crippen LogP contribution in [0.15, 0.2) is 12.3 Å². The summed E-state index contributed by atoms with van der Waals surface area (Å²) in [7, 11) is 0. The lowest BCUT2D eigenvalue weighted by atomic mass is 10.2. The summed E-state index contributed by atoms with van der Waals surface area (Å²) in [6.07, 6.45) is 5.50. The van der Waals surface area contributed by atoms with Crippen molar-refractivity contribution in [3.63, 3.8) is 0 Å². The Morgan fingerprint density at radius 1 is 1.58 bits per heavy atom. The van der Waals surface area contributed by atoms with Crippen LogP contribution in [-0.2, 0) is 11.3 Å². The summed E-state index contributed by atoms with van der Waals surface area (Å²) < 4.78 is 6.98. The van der Waals surface area contributed by atoms with Gasteiger partial charge in [0.15, 0.2) is 0 Å². The molecule has 19 heavy (non-hydrogen) atoms. The Morgan fingerprint density at radius 3 is 3.00 bits per heavy atom. The average Bonchev–Trinajstić information content (AvgIpc) is 2.94. The van der Waals surface area contributed by atoms with Crippen molar-refractivity contribution in [3.05, 3.63) is 18.0 Å². The van der Waals surface area contributed by atoms with Gasteiger partial charge in [-0.25, -0.2) is 9.48 Å². The number of ether oxygens (including phenoxy) is 1. The highest BCUT2D eigenvalue weighted by Gasteiger charge is 2.30. The molecule has 1 aliphatic heterocycles. The minimum atomic E-state index is -0.243. The van der Waals surface area contributed by atoms with E-state index in [1.165, 1.54) is 0 Å². The van der Waals surface area contributed by atoms with Gasteiger partial charge in [-0.05, 0) is 18.9 Å². The van der Waals surface area contributed by atoms with Crippen LogP contribution in [0.25, 0.3) is 6.08 Å². The summed E-state index contributed by atoms with van der Waals surface area (Å²) in [5.41, 5.74) is 0.824. The molecule has 1 aromatic heterocycles. The van der Waals surface area contributed by atoms with Crippen molar-refractivity contribution in [2.75, 3.05) is 13.1 Å². The van der Waals surface area contributed by atoms with E-state index in [4.69, 9.17) is 4.74 Å². The predicted octanol–water partition coefficient (Wildman–Crippen LogP) is 1.79. The molecule has 1 amide bonds. The number of rotatable bonds is 5. The zero-order valence-electron chi connectivity index (χ0n) is 11.6. The third-order valence-electron chi connectivity index (χ3n) is 2.93. The molecule has 1 saturated heterocycles. The van der Waals surface area contributed by atoms with Crippen molar-refractivity contribution in [2.24, 2.45) is 5.92 Å². The fourth-order valence-corrected chi connectivity index (χ4v) is 1.91. The predicted molar refractivity (Wildman–Crippen MR) is 71.4 cm³/mol. The lowest BCUT2D eigenvalue weighted by molar-refractivity contribution is 0.123. The van der Waals surface area contributed by atoms with Crippen LogP contribution in [0.1, 0.15) is 26.5 Å². The molecule has 1 unspecified atom stereocenters. The molecule has 1 atom stereocenters. The first-order valence-corrected chi connectivity index (χ1v) is 6.62. The maximum Gasteiger partial charge on any atom is 0.410 e. The normalized spacial score (nSPS) is 19.7. The number of likely N-dealkylation sites (N-methyl/N-ethyl adjacent to an activating group) is 1. The molecule has 6 heteroatoms. The maximum absolute atomic E-state index is 11.4. The average molecular weight is 264 g/mol. The first-order chi connectivity index (χ1) is 9.08. The first kappa shape index (κ1) is 13.6. The van der Waals surface area contributed by atoms with Crippen LogP contribution in [0.5, 0.6) is 0 Å². The van der Waals surface area contributed by atoms with Gasteiger partial charge in [0, 0.05) is 6.54 Å². The van der Waals surface area contributed by atoms with Gasteiger partial charge in [-0.3, -0.25) is 0 Å². The Bertz CT molecular complexity index is 467. The Morgan fingerprint density at radius 2 is 2.37 bits per heavy atom. The van der Waals surface area contributed by atoms with Crippen LogP contribution >= 0.6 is 0 Å². The first-order valence-electron chi connectivity index (χ1n) is 6.62. The van der Waals surface area contributed by atoms with E-state index < -0.39 is 0 Å². The van der Waals surface area contributed by atoms with E-state index in [0.717, 1.165) is 5.69 Å². The van der Waals surface area contributed by atoms with Crippen LogP contribution in [0.2, 0.25) is 0 Å². The molecule has 0 spiro atoms. The van der Waals surface area contributed by atoms with Crippen molar-refractivity contribution in [2.45, 2.75) is 33.4 Å². The molecule has 0 aromatic carbocycles. The maximum atomic E-state index is 11.4. The second kappa shape index (κ2) is 5.86. The summed E-state index contributed by atoms with van der Waals surface area (Å²) in [6.45, 7) is 8.00. The van der Waals surface area contributed by atoms with Gasteiger partial charge in [0.25, 0.3) is 0 Å². The van der Waals surface area contributed by atoms with Gasteiger partial charge < -0.3 is 9.64 Å². The van der Waals surface area contributed by atoms with Crippen LogP contribution in [0.3, 0.4) is 0 Å². The molecule has 104 valence electrons. The molecule has 0 aliphatic carbocycles. The molecule has 0 N–H and O–H groups in total. The van der Waals surface area contributed by atoms with Gasteiger partial charge in [0.05, 0.1) is 19.3 Å². The van der Waals surface area contributed by atoms with Crippen LogP contribution in [0.4, 0.5) is 4.79 Å². The number of cyclic esters (lactones) is 1. The number of aromatic nitrogens is 3. The number of allylic oxidation sites excluding steroid dienone is 1. The van der Waals surface area contributed by atoms with Crippen LogP contribution < -0.4 is 0 Å². The highest BCUT2D eigenvalue weighted by Crippen LogP contribution is 2.12. The zero-order valence-corrected chi connectivity index (χ0v) is 11.6. The van der Waals surface area contributed by atoms with Gasteiger partial charge in [-0.2, -0.15) is 0 Å². The van der Waals surface area contributed by atoms with E-state index in [0.29, 0.717) is 25.6 Å². The van der Waals surface area contributed by atoms with Gasteiger partial charge in [0.2, 0.25) is 0 Å². The second-order valence-electron chi connectivity index (χ2n) is 5.01. The fraction of sp³-hybridized carbons (Fsp3) is 0.615. The second-order valence-corrected chi connectivity index (χ2v) is 5.01. The number of carbonyl (C=O) groups excluding carboxylic acids is 1. The van der Waals surface area contributed by atoms with E-state index in [1.54, 1.807) is 9.58 Å². The number of nitrogens with zero attached hydrogens (tertiary/aromatic N) is 4. The molecule has 0 saturated carbocycles. The summed E-state index contributed by atoms with van der Waals surface area (Å²) in [4.78, 5) is 13.1. The van der Waals surface area contributed by atoms with Crippen molar-refractivity contribution < 1.29 is 9.53 Å². The lowest BCUT2D eigenvalue weighted by Gasteiger charge is -2.08. The van der Waals surface area contributed by atoms with Crippen molar-refractivity contribution >= 4 is 12.2 Å². The summed E-state index contributed by atoms with van der Waals surface area (Å²) in [6, 6.07) is 0. The molecular formula is C13H20N4O2. The van der Waals surface area contributed by atoms with Crippen LogP contribution in [0, 0.1) is 5.92 Å². The van der Waals surface area contributed by atoms with E-state index in [-0.39, 0.29) is 12.2 Å². The Labute approximate surface area is 113 Å². The molecule has 6 nitrogen and oxygen atoms in total. The molecule has 0 bridgehead atoms. The SMILES string of the molecule is CCN1CC(Cn2cc(/C=C/C(C)C)nn2)OC1=O. The Hall–Kier alpha value is -1.85. The summed E-state index contributed by atoms with van der Waals surface area (Å²) >= 11 is 0. The summed E-state index contributed by atoms with van der Waals surface area (Å²) in [5.74, 6) is 0.485. The van der Waals surface area contributed by atoms with Crippen LogP contribution in [-0.4, -0.2) is 45.2 Å². The van der Waals surface area contributed by atoms with Crippen molar-refractivity contribution in [1.82, 2.24) is 19.9 Å². The largest absolute Gasteiger partial charge is 0.442 e. The monoisotopic (exact) mass is 264 g/mol. The van der Waals surface area contributed by atoms with E-state index in [1.807, 2.05) is 19.2 Å². The van der Waals surface area contributed by atoms with Crippen molar-refractivity contribution in [1.29, 1.82) is 0 Å². The smallest absolute Gasteiger partial charge is 0.410 e. The molecular weight excluding hydrogens is 244 g/mol. The van der Waals surface area contributed by atoms with E-state index in [2.05, 4.69) is 30.2 Å². The summed E-state index contributed by atoms with van der Waals surface area (Å²) in [5, 5.41) is 8.10. The molecule has 1 fully saturated rings. The molecule has 2 heterocycles. The quantitative estimate of drug-likeness (QED) is 0.813. The lowest BCUT2D eigenvalue weighted by Crippen LogP contribution is -2.26. The third-order valence-corrected chi connectivity index (χ3v) is 2.93. The number of carbonyl (C=O) groups is 1. The Balaban J connectivity index is 1.92. The van der Waals surface area contributed by atoms with Crippen molar-refractivity contribution in [3.8, 4) is 0 Å². The molecule has 1 aliphatic rings. The van der Waals surface area contributed by atoms with Gasteiger partial charge >= 0.3 is 6.09 Å². The van der Waals surface area contributed by atoms with E-state index in [9.17, 15) is 4.79 Å². The minimum absolute atomic E-state index is 0.143. The topological polar surface area (TPSA) is 60.3 Å². The standard InChI is InChI=1S/C13H20N4O2/c1-4-16-8-12(19-13(16)18)9-17-7-11(14-15-17)6-5-10(2)3/h5-7,10,12H,4,8-9H2,1-3H3/b6-5+.